The van der Waals surface area contributed by atoms with Crippen molar-refractivity contribution in [3.63, 3.8) is 0 Å². The highest BCUT2D eigenvalue weighted by atomic mass is 19.4. The summed E-state index contributed by atoms with van der Waals surface area (Å²) in [6.45, 7) is 2.38. The number of hydrogen-bond donors (Lipinski definition) is 1. The topological polar surface area (TPSA) is 92.2 Å². The van der Waals surface area contributed by atoms with Crippen molar-refractivity contribution in [1.82, 2.24) is 30.1 Å². The Morgan fingerprint density at radius 1 is 0.953 bits per heavy atom. The lowest BCUT2D eigenvalue weighted by Gasteiger charge is -2.39. The number of aryl methyl sites for hydroxylation is 2. The zero-order valence-corrected chi connectivity index (χ0v) is 23.5. The molecule has 1 saturated heterocycles. The number of fused-ring (bicyclic) bond motifs is 1. The number of anilines is 1. The van der Waals surface area contributed by atoms with Crippen LogP contribution in [0.4, 0.5) is 18.9 Å². The van der Waals surface area contributed by atoms with Crippen LogP contribution in [0.15, 0.2) is 83.7 Å². The Hall–Kier alpha value is -4.71. The van der Waals surface area contributed by atoms with Gasteiger partial charge in [-0.3, -0.25) is 9.69 Å². The molecule has 1 N–H and O–H groups in total. The first kappa shape index (κ1) is 28.4. The summed E-state index contributed by atoms with van der Waals surface area (Å²) in [6, 6.07) is 22.1. The Kier molecular flexibility index (Phi) is 7.85. The Morgan fingerprint density at radius 3 is 2.49 bits per heavy atom. The minimum absolute atomic E-state index is 0.263. The van der Waals surface area contributed by atoms with Gasteiger partial charge in [-0.1, -0.05) is 36.4 Å². The Morgan fingerprint density at radius 2 is 1.74 bits per heavy atom. The fourth-order valence-corrected chi connectivity index (χ4v) is 5.59. The number of nitrogens with one attached hydrogen (secondary N) is 1. The molecule has 6 rings (SSSR count). The van der Waals surface area contributed by atoms with Crippen molar-refractivity contribution in [2.45, 2.75) is 25.2 Å². The van der Waals surface area contributed by atoms with E-state index < -0.39 is 17.8 Å². The molecule has 0 saturated carbocycles. The molecule has 0 aliphatic carbocycles. The van der Waals surface area contributed by atoms with Crippen molar-refractivity contribution in [3.8, 4) is 5.75 Å². The molecule has 3 aromatic carbocycles. The van der Waals surface area contributed by atoms with Crippen molar-refractivity contribution < 1.29 is 17.9 Å². The van der Waals surface area contributed by atoms with E-state index in [1.807, 2.05) is 47.4 Å². The highest BCUT2D eigenvalue weighted by Gasteiger charge is 2.34. The van der Waals surface area contributed by atoms with Gasteiger partial charge in [-0.2, -0.15) is 13.2 Å². The number of aromatic amines is 1. The molecular weight excluding hydrogens is 559 g/mol. The number of aromatic nitrogens is 5. The third-order valence-corrected chi connectivity index (χ3v) is 7.85. The van der Waals surface area contributed by atoms with Gasteiger partial charge in [0.15, 0.2) is 5.82 Å². The van der Waals surface area contributed by atoms with Gasteiger partial charge in [-0.05, 0) is 64.9 Å². The van der Waals surface area contributed by atoms with E-state index in [-0.39, 0.29) is 5.56 Å². The first-order valence-corrected chi connectivity index (χ1v) is 14.0. The van der Waals surface area contributed by atoms with E-state index in [1.54, 1.807) is 30.0 Å². The number of H-pyrrole nitrogens is 1. The van der Waals surface area contributed by atoms with E-state index in [2.05, 4.69) is 25.4 Å². The highest BCUT2D eigenvalue weighted by molar-refractivity contribution is 5.80. The maximum absolute atomic E-state index is 13.6. The second-order valence-electron chi connectivity index (χ2n) is 10.5. The maximum atomic E-state index is 13.6. The van der Waals surface area contributed by atoms with Crippen LogP contribution in [-0.4, -0.2) is 63.4 Å². The second-order valence-corrected chi connectivity index (χ2v) is 10.5. The fourth-order valence-electron chi connectivity index (χ4n) is 5.59. The van der Waals surface area contributed by atoms with Crippen LogP contribution in [0.25, 0.3) is 10.9 Å². The van der Waals surface area contributed by atoms with E-state index in [9.17, 15) is 18.0 Å². The third kappa shape index (κ3) is 6.09. The average molecular weight is 590 g/mol. The Bertz CT molecular complexity index is 1760. The quantitative estimate of drug-likeness (QED) is 0.281. The molecule has 1 atom stereocenters. The summed E-state index contributed by atoms with van der Waals surface area (Å²) in [5.74, 6) is 1.18. The molecule has 9 nitrogen and oxygen atoms in total. The van der Waals surface area contributed by atoms with Gasteiger partial charge in [0.05, 0.1) is 12.7 Å². The van der Waals surface area contributed by atoms with Gasteiger partial charge >= 0.3 is 6.18 Å². The van der Waals surface area contributed by atoms with E-state index >= 15 is 0 Å². The van der Waals surface area contributed by atoms with Gasteiger partial charge in [-0.15, -0.1) is 5.10 Å². The normalized spacial score (nSPS) is 15.1. The first-order valence-electron chi connectivity index (χ1n) is 14.0. The largest absolute Gasteiger partial charge is 0.497 e. The SMILES string of the molecule is COc1ccc2[nH]c(=O)c([C@@H](c3nnnn3CCc3ccccc3)N3CCN(c4cccc(C(F)(F)F)c4)CC3)cc2c1. The van der Waals surface area contributed by atoms with Crippen molar-refractivity contribution in [2.24, 2.45) is 0 Å². The fraction of sp³-hybridized carbons (Fsp3) is 0.290. The second kappa shape index (κ2) is 11.9. The van der Waals surface area contributed by atoms with Crippen molar-refractivity contribution in [3.05, 3.63) is 112 Å². The molecule has 1 fully saturated rings. The number of halogens is 3. The molecule has 222 valence electrons. The molecule has 12 heteroatoms. The molecule has 0 spiro atoms. The van der Waals surface area contributed by atoms with Crippen LogP contribution in [0, 0.1) is 0 Å². The number of benzene rings is 3. The standard InChI is InChI=1S/C31H30F3N7O2/c1-43-25-10-11-27-22(18-25)19-26(30(42)35-27)28(29-36-37-38-41(29)13-12-21-6-3-2-4-7-21)40-16-14-39(15-17-40)24-9-5-8-23(20-24)31(32,33)34/h2-11,18-20,28H,12-17H2,1H3,(H,35,42)/t28-/m0/s1. The summed E-state index contributed by atoms with van der Waals surface area (Å²) < 4.78 is 47.2. The molecule has 3 heterocycles. The number of ether oxygens (including phenoxy) is 1. The van der Waals surface area contributed by atoms with E-state index in [4.69, 9.17) is 4.74 Å². The lowest BCUT2D eigenvalue weighted by atomic mass is 10.0. The maximum Gasteiger partial charge on any atom is 0.416 e. The molecular formula is C31H30F3N7O2. The molecule has 0 radical (unpaired) electrons. The molecule has 2 aromatic heterocycles. The van der Waals surface area contributed by atoms with Gasteiger partial charge < -0.3 is 14.6 Å². The van der Waals surface area contributed by atoms with Crippen LogP contribution in [-0.2, 0) is 19.1 Å². The Labute approximate surface area is 245 Å². The predicted molar refractivity (Wildman–Crippen MR) is 156 cm³/mol. The minimum Gasteiger partial charge on any atom is -0.497 e. The lowest BCUT2D eigenvalue weighted by molar-refractivity contribution is -0.137. The van der Waals surface area contributed by atoms with Crippen molar-refractivity contribution in [2.75, 3.05) is 38.2 Å². The zero-order valence-electron chi connectivity index (χ0n) is 23.5. The van der Waals surface area contributed by atoms with Crippen LogP contribution in [0.1, 0.15) is 28.6 Å². The average Bonchev–Trinajstić information content (AvgIpc) is 3.49. The van der Waals surface area contributed by atoms with Gasteiger partial charge in [0, 0.05) is 54.9 Å². The number of piperazine rings is 1. The number of methoxy groups -OCH3 is 1. The van der Waals surface area contributed by atoms with Crippen molar-refractivity contribution in [1.29, 1.82) is 0 Å². The number of rotatable bonds is 8. The summed E-state index contributed by atoms with van der Waals surface area (Å²) >= 11 is 0. The van der Waals surface area contributed by atoms with Crippen LogP contribution in [0.5, 0.6) is 5.75 Å². The summed E-state index contributed by atoms with van der Waals surface area (Å²) in [4.78, 5) is 20.6. The molecule has 5 aromatic rings. The number of nitrogens with zero attached hydrogens (tertiary/aromatic N) is 6. The van der Waals surface area contributed by atoms with Crippen LogP contribution >= 0.6 is 0 Å². The minimum atomic E-state index is -4.42. The number of alkyl halides is 3. The van der Waals surface area contributed by atoms with Gasteiger partial charge in [0.1, 0.15) is 11.8 Å². The van der Waals surface area contributed by atoms with E-state index in [0.717, 1.165) is 17.0 Å². The van der Waals surface area contributed by atoms with E-state index in [1.165, 1.54) is 12.1 Å². The third-order valence-electron chi connectivity index (χ3n) is 7.85. The van der Waals surface area contributed by atoms with Crippen LogP contribution in [0.2, 0.25) is 0 Å². The molecule has 0 unspecified atom stereocenters. The summed E-state index contributed by atoms with van der Waals surface area (Å²) in [6.07, 6.45) is -3.72. The van der Waals surface area contributed by atoms with Crippen LogP contribution < -0.4 is 15.2 Å². The highest BCUT2D eigenvalue weighted by Crippen LogP contribution is 2.33. The molecule has 1 aliphatic heterocycles. The number of hydrogen-bond acceptors (Lipinski definition) is 7. The van der Waals surface area contributed by atoms with Gasteiger partial charge in [-0.25, -0.2) is 4.68 Å². The molecule has 0 bridgehead atoms. The molecule has 1 aliphatic rings. The van der Waals surface area contributed by atoms with Gasteiger partial charge in [0.2, 0.25) is 0 Å². The van der Waals surface area contributed by atoms with Crippen molar-refractivity contribution >= 4 is 16.6 Å². The zero-order chi connectivity index (χ0) is 30.0. The smallest absolute Gasteiger partial charge is 0.416 e. The summed E-state index contributed by atoms with van der Waals surface area (Å²) in [5.41, 5.74) is 1.84. The lowest BCUT2D eigenvalue weighted by Crippen LogP contribution is -2.49. The van der Waals surface area contributed by atoms with E-state index in [0.29, 0.717) is 67.5 Å². The number of tetrazole rings is 1. The number of pyridine rings is 1. The van der Waals surface area contributed by atoms with Crippen LogP contribution in [0.3, 0.4) is 0 Å². The summed E-state index contributed by atoms with van der Waals surface area (Å²) in [7, 11) is 1.58. The Balaban J connectivity index is 1.34. The molecule has 0 amide bonds. The molecule has 43 heavy (non-hydrogen) atoms. The summed E-state index contributed by atoms with van der Waals surface area (Å²) in [5, 5.41) is 13.4. The monoisotopic (exact) mass is 589 g/mol. The predicted octanol–water partition coefficient (Wildman–Crippen LogP) is 4.70. The first-order chi connectivity index (χ1) is 20.8. The van der Waals surface area contributed by atoms with Gasteiger partial charge in [0.25, 0.3) is 5.56 Å².